The summed E-state index contributed by atoms with van der Waals surface area (Å²) in [6.07, 6.45) is 0. The molecule has 3 aromatic rings. The first-order valence-electron chi connectivity index (χ1n) is 9.19. The molecular weight excluding hydrogens is 390 g/mol. The van der Waals surface area contributed by atoms with E-state index in [2.05, 4.69) is 20.8 Å². The second-order valence-electron chi connectivity index (χ2n) is 6.78. The largest absolute Gasteiger partial charge is 0.454 e. The molecule has 0 saturated carbocycles. The summed E-state index contributed by atoms with van der Waals surface area (Å²) in [6.45, 7) is 6.23. The molecule has 0 radical (unpaired) electrons. The van der Waals surface area contributed by atoms with Crippen molar-refractivity contribution in [1.29, 1.82) is 0 Å². The SMILES string of the molecule is Cc1cccc(-n2nnnc2SCC(=O)N[C@@H](C)c2ccc3c(c2)OCO3)c1C. The van der Waals surface area contributed by atoms with Crippen molar-refractivity contribution in [2.45, 2.75) is 32.0 Å². The molecule has 4 rings (SSSR count). The van der Waals surface area contributed by atoms with E-state index in [1.807, 2.05) is 57.2 Å². The predicted octanol–water partition coefficient (Wildman–Crippen LogP) is 2.98. The first-order chi connectivity index (χ1) is 14.0. The summed E-state index contributed by atoms with van der Waals surface area (Å²) in [5, 5.41) is 15.5. The van der Waals surface area contributed by atoms with E-state index in [4.69, 9.17) is 9.47 Å². The van der Waals surface area contributed by atoms with Gasteiger partial charge in [-0.3, -0.25) is 4.79 Å². The number of hydrogen-bond acceptors (Lipinski definition) is 7. The minimum absolute atomic E-state index is 0.101. The second kappa shape index (κ2) is 8.12. The van der Waals surface area contributed by atoms with Crippen molar-refractivity contribution in [2.75, 3.05) is 12.5 Å². The monoisotopic (exact) mass is 411 g/mol. The Morgan fingerprint density at radius 3 is 2.93 bits per heavy atom. The summed E-state index contributed by atoms with van der Waals surface area (Å²) in [7, 11) is 0. The highest BCUT2D eigenvalue weighted by atomic mass is 32.2. The van der Waals surface area contributed by atoms with E-state index in [1.54, 1.807) is 4.68 Å². The number of thioether (sulfide) groups is 1. The van der Waals surface area contributed by atoms with Crippen molar-refractivity contribution in [2.24, 2.45) is 0 Å². The Morgan fingerprint density at radius 1 is 1.24 bits per heavy atom. The molecule has 1 amide bonds. The Labute approximate surface area is 172 Å². The lowest BCUT2D eigenvalue weighted by Gasteiger charge is -2.15. The number of nitrogens with one attached hydrogen (secondary N) is 1. The number of carbonyl (C=O) groups is 1. The fraction of sp³-hybridized carbons (Fsp3) is 0.300. The molecule has 1 N–H and O–H groups in total. The number of ether oxygens (including phenoxy) is 2. The van der Waals surface area contributed by atoms with Gasteiger partial charge in [-0.2, -0.15) is 4.68 Å². The van der Waals surface area contributed by atoms with Crippen LogP contribution in [-0.2, 0) is 4.79 Å². The van der Waals surface area contributed by atoms with E-state index in [0.717, 1.165) is 28.1 Å². The molecule has 0 saturated heterocycles. The number of nitrogens with zero attached hydrogens (tertiary/aromatic N) is 4. The zero-order valence-electron chi connectivity index (χ0n) is 16.4. The molecule has 0 fully saturated rings. The number of carbonyl (C=O) groups excluding carboxylic acids is 1. The number of hydrogen-bond donors (Lipinski definition) is 1. The van der Waals surface area contributed by atoms with E-state index in [0.29, 0.717) is 10.9 Å². The molecule has 0 unspecified atom stereocenters. The molecule has 0 aliphatic carbocycles. The molecule has 2 heterocycles. The number of aryl methyl sites for hydroxylation is 1. The molecular formula is C20H21N5O3S. The molecule has 2 aromatic carbocycles. The molecule has 9 heteroatoms. The molecule has 1 atom stereocenters. The Kier molecular flexibility index (Phi) is 5.39. The van der Waals surface area contributed by atoms with Crippen LogP contribution in [0.5, 0.6) is 11.5 Å². The van der Waals surface area contributed by atoms with Gasteiger partial charge in [-0.1, -0.05) is 30.0 Å². The normalized spacial score (nSPS) is 13.3. The summed E-state index contributed by atoms with van der Waals surface area (Å²) in [6, 6.07) is 11.5. The second-order valence-corrected chi connectivity index (χ2v) is 7.73. The summed E-state index contributed by atoms with van der Waals surface area (Å²) in [4.78, 5) is 12.5. The fourth-order valence-electron chi connectivity index (χ4n) is 3.06. The average molecular weight is 411 g/mol. The van der Waals surface area contributed by atoms with Gasteiger partial charge < -0.3 is 14.8 Å². The van der Waals surface area contributed by atoms with E-state index in [-0.39, 0.29) is 24.5 Å². The standard InChI is InChI=1S/C20H21N5O3S/c1-12-5-4-6-16(13(12)2)25-20(22-23-24-25)29-10-19(26)21-14(3)15-7-8-17-18(9-15)28-11-27-17/h4-9,14H,10-11H2,1-3H3,(H,21,26)/t14-/m0/s1. The van der Waals surface area contributed by atoms with Crippen LogP contribution in [0, 0.1) is 13.8 Å². The molecule has 1 aliphatic rings. The summed E-state index contributed by atoms with van der Waals surface area (Å²) in [5.74, 6) is 1.53. The van der Waals surface area contributed by atoms with Crippen molar-refractivity contribution < 1.29 is 14.3 Å². The first kappa shape index (κ1) is 19.3. The van der Waals surface area contributed by atoms with Crippen LogP contribution in [0.2, 0.25) is 0 Å². The lowest BCUT2D eigenvalue weighted by atomic mass is 10.1. The molecule has 0 spiro atoms. The zero-order valence-corrected chi connectivity index (χ0v) is 17.2. The number of rotatable bonds is 6. The van der Waals surface area contributed by atoms with Gasteiger partial charge >= 0.3 is 0 Å². The number of tetrazole rings is 1. The van der Waals surface area contributed by atoms with Crippen LogP contribution < -0.4 is 14.8 Å². The van der Waals surface area contributed by atoms with Crippen molar-refractivity contribution in [3.8, 4) is 17.2 Å². The highest BCUT2D eigenvalue weighted by molar-refractivity contribution is 7.99. The van der Waals surface area contributed by atoms with Crippen LogP contribution in [0.3, 0.4) is 0 Å². The van der Waals surface area contributed by atoms with E-state index < -0.39 is 0 Å². The molecule has 8 nitrogen and oxygen atoms in total. The highest BCUT2D eigenvalue weighted by Gasteiger charge is 2.18. The molecule has 29 heavy (non-hydrogen) atoms. The lowest BCUT2D eigenvalue weighted by Crippen LogP contribution is -2.28. The van der Waals surface area contributed by atoms with E-state index >= 15 is 0 Å². The topological polar surface area (TPSA) is 91.2 Å². The highest BCUT2D eigenvalue weighted by Crippen LogP contribution is 2.34. The zero-order chi connectivity index (χ0) is 20.4. The van der Waals surface area contributed by atoms with E-state index in [9.17, 15) is 4.79 Å². The van der Waals surface area contributed by atoms with Crippen LogP contribution in [0.4, 0.5) is 0 Å². The van der Waals surface area contributed by atoms with Crippen LogP contribution >= 0.6 is 11.8 Å². The number of amides is 1. The van der Waals surface area contributed by atoms with Crippen LogP contribution in [0.25, 0.3) is 5.69 Å². The van der Waals surface area contributed by atoms with Gasteiger partial charge in [0, 0.05) is 0 Å². The number of fused-ring (bicyclic) bond motifs is 1. The third-order valence-electron chi connectivity index (χ3n) is 4.85. The smallest absolute Gasteiger partial charge is 0.231 e. The van der Waals surface area contributed by atoms with Gasteiger partial charge in [0.25, 0.3) is 0 Å². The summed E-state index contributed by atoms with van der Waals surface area (Å²) >= 11 is 1.30. The lowest BCUT2D eigenvalue weighted by molar-refractivity contribution is -0.119. The molecule has 1 aromatic heterocycles. The maximum atomic E-state index is 12.5. The van der Waals surface area contributed by atoms with Crippen LogP contribution in [0.15, 0.2) is 41.6 Å². The summed E-state index contributed by atoms with van der Waals surface area (Å²) in [5.41, 5.74) is 4.12. The Balaban J connectivity index is 1.39. The van der Waals surface area contributed by atoms with Gasteiger partial charge in [0.05, 0.1) is 17.5 Å². The fourth-order valence-corrected chi connectivity index (χ4v) is 3.76. The van der Waals surface area contributed by atoms with Crippen molar-refractivity contribution >= 4 is 17.7 Å². The molecule has 1 aliphatic heterocycles. The van der Waals surface area contributed by atoms with Gasteiger partial charge in [-0.05, 0) is 66.1 Å². The average Bonchev–Trinajstić information content (AvgIpc) is 3.37. The molecule has 0 bridgehead atoms. The maximum absolute atomic E-state index is 12.5. The van der Waals surface area contributed by atoms with Gasteiger partial charge in [0.2, 0.25) is 17.9 Å². The van der Waals surface area contributed by atoms with Gasteiger partial charge in [0.15, 0.2) is 11.5 Å². The Morgan fingerprint density at radius 2 is 2.07 bits per heavy atom. The third-order valence-corrected chi connectivity index (χ3v) is 5.77. The Hall–Kier alpha value is -3.07. The third kappa shape index (κ3) is 4.04. The van der Waals surface area contributed by atoms with Crippen LogP contribution in [-0.4, -0.2) is 38.7 Å². The van der Waals surface area contributed by atoms with Crippen molar-refractivity contribution in [3.63, 3.8) is 0 Å². The minimum Gasteiger partial charge on any atom is -0.454 e. The number of aromatic nitrogens is 4. The van der Waals surface area contributed by atoms with Gasteiger partial charge in [-0.25, -0.2) is 0 Å². The van der Waals surface area contributed by atoms with Gasteiger partial charge in [-0.15, -0.1) is 5.10 Å². The van der Waals surface area contributed by atoms with Crippen molar-refractivity contribution in [3.05, 3.63) is 53.1 Å². The molecule has 150 valence electrons. The van der Waals surface area contributed by atoms with Crippen molar-refractivity contribution in [1.82, 2.24) is 25.5 Å². The predicted molar refractivity (Wildman–Crippen MR) is 108 cm³/mol. The maximum Gasteiger partial charge on any atom is 0.231 e. The first-order valence-corrected chi connectivity index (χ1v) is 10.2. The quantitative estimate of drug-likeness (QED) is 0.624. The number of benzene rings is 2. The van der Waals surface area contributed by atoms with E-state index in [1.165, 1.54) is 11.8 Å². The Bertz CT molecular complexity index is 1050. The summed E-state index contributed by atoms with van der Waals surface area (Å²) < 4.78 is 12.4. The minimum atomic E-state index is -0.160. The van der Waals surface area contributed by atoms with Gasteiger partial charge in [0.1, 0.15) is 0 Å². The van der Waals surface area contributed by atoms with Crippen LogP contribution in [0.1, 0.15) is 29.7 Å².